The van der Waals surface area contributed by atoms with Crippen molar-refractivity contribution < 1.29 is 39.1 Å². The maximum atomic E-state index is 11.7. The summed E-state index contributed by atoms with van der Waals surface area (Å²) in [7, 11) is 0. The molecule has 0 amide bonds. The van der Waals surface area contributed by atoms with E-state index in [1.165, 1.54) is 0 Å². The minimum Gasteiger partial charge on any atom is -0.463 e. The predicted octanol–water partition coefficient (Wildman–Crippen LogP) is -1.04. The number of tetrazole rings is 1. The van der Waals surface area contributed by atoms with E-state index >= 15 is 0 Å². The maximum absolute atomic E-state index is 11.7. The molecule has 2 rings (SSSR count). The number of ether oxygens (including phenoxy) is 1. The molecule has 0 aliphatic heterocycles. The van der Waals surface area contributed by atoms with E-state index < -0.39 is 12.1 Å². The second kappa shape index (κ2) is 9.82. The van der Waals surface area contributed by atoms with Gasteiger partial charge in [-0.2, -0.15) is 10.3 Å². The van der Waals surface area contributed by atoms with Gasteiger partial charge in [0.1, 0.15) is 0 Å². The predicted molar refractivity (Wildman–Crippen MR) is 70.1 cm³/mol. The summed E-state index contributed by atoms with van der Waals surface area (Å²) >= 11 is 0. The Hall–Kier alpha value is -2.04. The molecule has 1 aromatic heterocycles. The molecule has 1 N–H and O–H groups in total. The van der Waals surface area contributed by atoms with E-state index in [1.807, 2.05) is 6.07 Å². The standard InChI is InChI=1S/C11H12N8O2.Na/c1-2-21-10(20)9(14-15-11-16-18-19-17-11)13-12-8-6-4-3-5-7-8;/h3-7,9H,2H2,1H3,(H,16,17,18,19);/q;+1/b13-12?,15-14-;. The summed E-state index contributed by atoms with van der Waals surface area (Å²) in [5.74, 6) is -0.677. The van der Waals surface area contributed by atoms with Crippen molar-refractivity contribution in [3.05, 3.63) is 30.3 Å². The minimum absolute atomic E-state index is 0. The molecule has 1 aromatic carbocycles. The van der Waals surface area contributed by atoms with Crippen molar-refractivity contribution in [3.63, 3.8) is 0 Å². The van der Waals surface area contributed by atoms with E-state index in [9.17, 15) is 4.79 Å². The Kier molecular flexibility index (Phi) is 8.04. The molecule has 0 aliphatic rings. The van der Waals surface area contributed by atoms with Crippen molar-refractivity contribution in [2.45, 2.75) is 13.1 Å². The van der Waals surface area contributed by atoms with Gasteiger partial charge in [0, 0.05) is 0 Å². The van der Waals surface area contributed by atoms with Crippen LogP contribution in [0.4, 0.5) is 11.6 Å². The quantitative estimate of drug-likeness (QED) is 0.413. The van der Waals surface area contributed by atoms with E-state index in [-0.39, 0.29) is 42.1 Å². The van der Waals surface area contributed by atoms with E-state index in [2.05, 4.69) is 41.1 Å². The van der Waals surface area contributed by atoms with Crippen molar-refractivity contribution >= 4 is 17.6 Å². The summed E-state index contributed by atoms with van der Waals surface area (Å²) in [4.78, 5) is 11.7. The first-order chi connectivity index (χ1) is 10.3. The van der Waals surface area contributed by atoms with Crippen molar-refractivity contribution in [2.24, 2.45) is 20.5 Å². The number of carbonyl (C=O) groups excluding carboxylic acids is 1. The second-order valence-corrected chi connectivity index (χ2v) is 3.60. The number of benzene rings is 1. The Morgan fingerprint density at radius 3 is 2.64 bits per heavy atom. The van der Waals surface area contributed by atoms with Gasteiger partial charge in [0.05, 0.1) is 12.3 Å². The third-order valence-electron chi connectivity index (χ3n) is 2.13. The molecule has 0 radical (unpaired) electrons. The summed E-state index contributed by atoms with van der Waals surface area (Å²) in [6, 6.07) is 8.92. The average Bonchev–Trinajstić information content (AvgIpc) is 3.02. The van der Waals surface area contributed by atoms with Gasteiger partial charge in [0.25, 0.3) is 6.17 Å². The van der Waals surface area contributed by atoms with Crippen LogP contribution in [0.3, 0.4) is 0 Å². The molecule has 11 heteroatoms. The Morgan fingerprint density at radius 1 is 1.27 bits per heavy atom. The first-order valence-corrected chi connectivity index (χ1v) is 6.06. The second-order valence-electron chi connectivity index (χ2n) is 3.60. The van der Waals surface area contributed by atoms with Crippen LogP contribution in [-0.4, -0.2) is 39.4 Å². The average molecular weight is 311 g/mol. The van der Waals surface area contributed by atoms with Gasteiger partial charge in [-0.1, -0.05) is 23.3 Å². The van der Waals surface area contributed by atoms with E-state index in [0.717, 1.165) is 0 Å². The first kappa shape index (κ1) is 18.0. The monoisotopic (exact) mass is 311 g/mol. The molecule has 1 atom stereocenters. The van der Waals surface area contributed by atoms with Crippen LogP contribution >= 0.6 is 0 Å². The number of esters is 1. The van der Waals surface area contributed by atoms with Crippen molar-refractivity contribution in [1.82, 2.24) is 20.6 Å². The van der Waals surface area contributed by atoms with Crippen LogP contribution in [-0.2, 0) is 9.53 Å². The van der Waals surface area contributed by atoms with Crippen LogP contribution < -0.4 is 29.6 Å². The Morgan fingerprint density at radius 2 is 2.00 bits per heavy atom. The maximum Gasteiger partial charge on any atom is 1.00 e. The third-order valence-corrected chi connectivity index (χ3v) is 2.13. The van der Waals surface area contributed by atoms with E-state index in [4.69, 9.17) is 4.74 Å². The number of azo groups is 2. The summed E-state index contributed by atoms with van der Waals surface area (Å²) < 4.78 is 4.85. The largest absolute Gasteiger partial charge is 1.00 e. The molecule has 0 aliphatic carbocycles. The van der Waals surface area contributed by atoms with Crippen molar-refractivity contribution in [1.29, 1.82) is 0 Å². The third kappa shape index (κ3) is 5.76. The normalized spacial score (nSPS) is 12.2. The van der Waals surface area contributed by atoms with Crippen LogP contribution in [0, 0.1) is 0 Å². The summed E-state index contributed by atoms with van der Waals surface area (Å²) in [5.41, 5.74) is 0.585. The number of nitrogens with one attached hydrogen (secondary N) is 1. The topological polar surface area (TPSA) is 130 Å². The molecule has 0 spiro atoms. The number of hydrogen-bond donors (Lipinski definition) is 1. The Bertz CT molecular complexity index is 616. The number of rotatable bonds is 6. The molecular formula is C11H12N8NaO2+. The first-order valence-electron chi connectivity index (χ1n) is 6.06. The summed E-state index contributed by atoms with van der Waals surface area (Å²) in [6.07, 6.45) is -1.22. The molecule has 1 heterocycles. The fourth-order valence-corrected chi connectivity index (χ4v) is 1.26. The number of aromatic nitrogens is 4. The number of carbonyl (C=O) groups is 1. The zero-order valence-electron chi connectivity index (χ0n) is 12.1. The minimum atomic E-state index is -1.22. The smallest absolute Gasteiger partial charge is 0.463 e. The van der Waals surface area contributed by atoms with Gasteiger partial charge >= 0.3 is 41.5 Å². The number of aromatic amines is 1. The van der Waals surface area contributed by atoms with Gasteiger partial charge in [-0.15, -0.1) is 20.4 Å². The van der Waals surface area contributed by atoms with Gasteiger partial charge in [0.15, 0.2) is 0 Å². The van der Waals surface area contributed by atoms with Crippen LogP contribution in [0.25, 0.3) is 0 Å². The van der Waals surface area contributed by atoms with E-state index in [1.54, 1.807) is 31.2 Å². The van der Waals surface area contributed by atoms with Gasteiger partial charge in [-0.3, -0.25) is 0 Å². The van der Waals surface area contributed by atoms with Gasteiger partial charge < -0.3 is 4.74 Å². The zero-order valence-corrected chi connectivity index (χ0v) is 14.1. The molecule has 0 saturated heterocycles. The molecule has 22 heavy (non-hydrogen) atoms. The Balaban J connectivity index is 0.00000242. The number of H-pyrrole nitrogens is 1. The van der Waals surface area contributed by atoms with Crippen LogP contribution in [0.1, 0.15) is 6.92 Å². The van der Waals surface area contributed by atoms with Crippen LogP contribution in [0.5, 0.6) is 0 Å². The molecule has 1 unspecified atom stereocenters. The summed E-state index contributed by atoms with van der Waals surface area (Å²) in [5, 5.41) is 27.8. The molecule has 108 valence electrons. The fourth-order valence-electron chi connectivity index (χ4n) is 1.26. The fraction of sp³-hybridized carbons (Fsp3) is 0.273. The van der Waals surface area contributed by atoms with Crippen LogP contribution in [0.15, 0.2) is 50.8 Å². The molecule has 2 aromatic rings. The molecule has 10 nitrogen and oxygen atoms in total. The zero-order chi connectivity index (χ0) is 14.9. The molecular weight excluding hydrogens is 299 g/mol. The van der Waals surface area contributed by atoms with Crippen LogP contribution in [0.2, 0.25) is 0 Å². The SMILES string of the molecule is CCOC(=O)C(N=Nc1ccccc1)/N=N\c1nn[nH]n1.[Na+]. The van der Waals surface area contributed by atoms with Gasteiger partial charge in [-0.05, 0) is 24.3 Å². The van der Waals surface area contributed by atoms with Gasteiger partial charge in [0.2, 0.25) is 0 Å². The van der Waals surface area contributed by atoms with Crippen molar-refractivity contribution in [3.8, 4) is 0 Å². The molecule has 0 bridgehead atoms. The molecule has 0 saturated carbocycles. The van der Waals surface area contributed by atoms with Crippen molar-refractivity contribution in [2.75, 3.05) is 6.61 Å². The molecule has 0 fully saturated rings. The summed E-state index contributed by atoms with van der Waals surface area (Å²) in [6.45, 7) is 1.88. The number of hydrogen-bond acceptors (Lipinski definition) is 9. The van der Waals surface area contributed by atoms with Gasteiger partial charge in [-0.25, -0.2) is 4.79 Å². The van der Waals surface area contributed by atoms with E-state index in [0.29, 0.717) is 5.69 Å². The Labute approximate surface area is 147 Å². The number of nitrogens with zero attached hydrogens (tertiary/aromatic N) is 7.